The number of hydrogen-bond donors (Lipinski definition) is 2. The van der Waals surface area contributed by atoms with E-state index in [-0.39, 0.29) is 0 Å². The summed E-state index contributed by atoms with van der Waals surface area (Å²) in [6.45, 7) is 8.03. The van der Waals surface area contributed by atoms with Gasteiger partial charge < -0.3 is 15.4 Å². The Kier molecular flexibility index (Phi) is 4.89. The lowest BCUT2D eigenvalue weighted by molar-refractivity contribution is 0.141. The van der Waals surface area contributed by atoms with E-state index in [4.69, 9.17) is 4.74 Å². The maximum Gasteiger partial charge on any atom is 0.191 e. The Morgan fingerprint density at radius 3 is 3.19 bits per heavy atom. The topological polar surface area (TPSA) is 48.9 Å². The van der Waals surface area contributed by atoms with Gasteiger partial charge in [-0.1, -0.05) is 0 Å². The number of rotatable bonds is 3. The fourth-order valence-corrected chi connectivity index (χ4v) is 2.00. The predicted molar refractivity (Wildman–Crippen MR) is 64.8 cm³/mol. The fraction of sp³-hybridized carbons (Fsp3) is 0.909. The number of hydrogen-bond acceptors (Lipinski definition) is 5. The zero-order chi connectivity index (χ0) is 11.1. The summed E-state index contributed by atoms with van der Waals surface area (Å²) in [5.74, 6) is 0.970. The minimum atomic E-state index is 0.874. The van der Waals surface area contributed by atoms with Gasteiger partial charge in [0.2, 0.25) is 0 Å². The third-order valence-corrected chi connectivity index (χ3v) is 2.93. The van der Waals surface area contributed by atoms with Crippen LogP contribution in [0.3, 0.4) is 0 Å². The number of guanidine groups is 1. The van der Waals surface area contributed by atoms with E-state index in [1.165, 1.54) is 0 Å². The molecule has 0 aromatic rings. The van der Waals surface area contributed by atoms with E-state index in [1.807, 2.05) is 0 Å². The highest BCUT2D eigenvalue weighted by atomic mass is 16.5. The van der Waals surface area contributed by atoms with Gasteiger partial charge in [-0.05, 0) is 12.8 Å². The molecule has 1 fully saturated rings. The van der Waals surface area contributed by atoms with Crippen LogP contribution >= 0.6 is 0 Å². The van der Waals surface area contributed by atoms with Crippen molar-refractivity contribution in [2.45, 2.75) is 12.8 Å². The molecule has 1 saturated heterocycles. The van der Waals surface area contributed by atoms with Gasteiger partial charge in [0, 0.05) is 45.9 Å². The number of ether oxygens (including phenoxy) is 1. The standard InChI is InChI=1S/C11H22N4O/c1-3-12-11(13-4-1)14-5-7-15-6-2-9-16-10-8-15/h1-10H2,(H2,12,13,14). The molecule has 0 aliphatic carbocycles. The maximum absolute atomic E-state index is 5.42. The van der Waals surface area contributed by atoms with Crippen LogP contribution in [0, 0.1) is 0 Å². The van der Waals surface area contributed by atoms with Gasteiger partial charge in [-0.2, -0.15) is 0 Å². The van der Waals surface area contributed by atoms with Crippen LogP contribution in [-0.4, -0.2) is 63.3 Å². The Hall–Kier alpha value is -0.810. The summed E-state index contributed by atoms with van der Waals surface area (Å²) >= 11 is 0. The normalized spacial score (nSPS) is 23.1. The Morgan fingerprint density at radius 2 is 2.31 bits per heavy atom. The van der Waals surface area contributed by atoms with Gasteiger partial charge in [-0.15, -0.1) is 0 Å². The van der Waals surface area contributed by atoms with Gasteiger partial charge in [0.15, 0.2) is 5.96 Å². The number of aliphatic imine (C=N–C) groups is 1. The summed E-state index contributed by atoms with van der Waals surface area (Å²) in [6.07, 6.45) is 2.30. The molecule has 92 valence electrons. The first kappa shape index (κ1) is 11.7. The first-order chi connectivity index (χ1) is 7.95. The van der Waals surface area contributed by atoms with Crippen molar-refractivity contribution in [1.82, 2.24) is 15.5 Å². The Bertz CT molecular complexity index is 224. The summed E-state index contributed by atoms with van der Waals surface area (Å²) in [7, 11) is 0. The molecule has 5 nitrogen and oxygen atoms in total. The second kappa shape index (κ2) is 6.70. The molecular formula is C11H22N4O. The molecule has 2 heterocycles. The van der Waals surface area contributed by atoms with E-state index >= 15 is 0 Å². The van der Waals surface area contributed by atoms with Gasteiger partial charge in [0.25, 0.3) is 0 Å². The first-order valence-corrected chi connectivity index (χ1v) is 6.27. The van der Waals surface area contributed by atoms with Crippen molar-refractivity contribution < 1.29 is 4.74 Å². The van der Waals surface area contributed by atoms with Gasteiger partial charge in [0.05, 0.1) is 6.61 Å². The smallest absolute Gasteiger partial charge is 0.191 e. The lowest BCUT2D eigenvalue weighted by Gasteiger charge is -2.21. The summed E-state index contributed by atoms with van der Waals surface area (Å²) in [5, 5.41) is 6.61. The van der Waals surface area contributed by atoms with Crippen LogP contribution in [0.5, 0.6) is 0 Å². The van der Waals surface area contributed by atoms with Crippen molar-refractivity contribution in [1.29, 1.82) is 0 Å². The summed E-state index contributed by atoms with van der Waals surface area (Å²) in [6, 6.07) is 0. The second-order valence-electron chi connectivity index (χ2n) is 4.25. The summed E-state index contributed by atoms with van der Waals surface area (Å²) in [5.41, 5.74) is 0. The van der Waals surface area contributed by atoms with Gasteiger partial charge in [-0.3, -0.25) is 9.89 Å². The van der Waals surface area contributed by atoms with E-state index < -0.39 is 0 Å². The third kappa shape index (κ3) is 3.98. The first-order valence-electron chi connectivity index (χ1n) is 6.27. The molecule has 0 aromatic heterocycles. The van der Waals surface area contributed by atoms with Crippen molar-refractivity contribution in [3.05, 3.63) is 0 Å². The molecular weight excluding hydrogens is 204 g/mol. The molecule has 0 spiro atoms. The highest BCUT2D eigenvalue weighted by Crippen LogP contribution is 1.97. The molecule has 0 saturated carbocycles. The monoisotopic (exact) mass is 226 g/mol. The van der Waals surface area contributed by atoms with E-state index in [0.717, 1.165) is 71.3 Å². The second-order valence-corrected chi connectivity index (χ2v) is 4.25. The molecule has 0 amide bonds. The highest BCUT2D eigenvalue weighted by molar-refractivity contribution is 5.80. The van der Waals surface area contributed by atoms with E-state index in [2.05, 4.69) is 20.5 Å². The average molecular weight is 226 g/mol. The van der Waals surface area contributed by atoms with Crippen LogP contribution in [0.1, 0.15) is 12.8 Å². The molecule has 2 N–H and O–H groups in total. The summed E-state index contributed by atoms with van der Waals surface area (Å²) < 4.78 is 5.42. The molecule has 0 bridgehead atoms. The molecule has 0 atom stereocenters. The largest absolute Gasteiger partial charge is 0.380 e. The minimum Gasteiger partial charge on any atom is -0.380 e. The molecule has 16 heavy (non-hydrogen) atoms. The molecule has 0 radical (unpaired) electrons. The summed E-state index contributed by atoms with van der Waals surface area (Å²) in [4.78, 5) is 6.83. The molecule has 2 rings (SSSR count). The predicted octanol–water partition coefficient (Wildman–Crippen LogP) is -0.352. The fourth-order valence-electron chi connectivity index (χ4n) is 2.00. The average Bonchev–Trinajstić information content (AvgIpc) is 2.59. The van der Waals surface area contributed by atoms with Crippen molar-refractivity contribution in [2.75, 3.05) is 52.5 Å². The van der Waals surface area contributed by atoms with Crippen molar-refractivity contribution in [2.24, 2.45) is 4.99 Å². The number of nitrogens with one attached hydrogen (secondary N) is 2. The molecule has 0 unspecified atom stereocenters. The molecule has 0 aromatic carbocycles. The van der Waals surface area contributed by atoms with Crippen LogP contribution in [-0.2, 0) is 4.74 Å². The Labute approximate surface area is 97.2 Å². The van der Waals surface area contributed by atoms with Crippen LogP contribution in [0.25, 0.3) is 0 Å². The lowest BCUT2D eigenvalue weighted by Crippen LogP contribution is -2.44. The van der Waals surface area contributed by atoms with Crippen molar-refractivity contribution in [3.63, 3.8) is 0 Å². The van der Waals surface area contributed by atoms with Crippen LogP contribution in [0.15, 0.2) is 4.99 Å². The van der Waals surface area contributed by atoms with E-state index in [1.54, 1.807) is 0 Å². The zero-order valence-electron chi connectivity index (χ0n) is 9.87. The van der Waals surface area contributed by atoms with Crippen LogP contribution in [0.2, 0.25) is 0 Å². The SMILES string of the molecule is C1CN=C(NCCN2CCCOCC2)NC1. The maximum atomic E-state index is 5.42. The highest BCUT2D eigenvalue weighted by Gasteiger charge is 2.09. The van der Waals surface area contributed by atoms with Gasteiger partial charge in [-0.25, -0.2) is 0 Å². The van der Waals surface area contributed by atoms with Crippen LogP contribution < -0.4 is 10.6 Å². The van der Waals surface area contributed by atoms with Crippen molar-refractivity contribution in [3.8, 4) is 0 Å². The Balaban J connectivity index is 1.61. The minimum absolute atomic E-state index is 0.874. The van der Waals surface area contributed by atoms with E-state index in [9.17, 15) is 0 Å². The lowest BCUT2D eigenvalue weighted by atomic mass is 10.4. The third-order valence-electron chi connectivity index (χ3n) is 2.93. The quantitative estimate of drug-likeness (QED) is 0.690. The zero-order valence-corrected chi connectivity index (χ0v) is 9.87. The molecule has 2 aliphatic heterocycles. The number of nitrogens with zero attached hydrogens (tertiary/aromatic N) is 2. The Morgan fingerprint density at radius 1 is 1.31 bits per heavy atom. The van der Waals surface area contributed by atoms with Crippen LogP contribution in [0.4, 0.5) is 0 Å². The molecule has 2 aliphatic rings. The van der Waals surface area contributed by atoms with Gasteiger partial charge in [0.1, 0.15) is 0 Å². The van der Waals surface area contributed by atoms with Crippen molar-refractivity contribution >= 4 is 5.96 Å². The molecule has 5 heteroatoms. The van der Waals surface area contributed by atoms with E-state index in [0.29, 0.717) is 0 Å². The van der Waals surface area contributed by atoms with Gasteiger partial charge >= 0.3 is 0 Å².